The van der Waals surface area contributed by atoms with Crippen molar-refractivity contribution in [2.75, 3.05) is 0 Å². The number of hydrogen-bond acceptors (Lipinski definition) is 12. The first kappa shape index (κ1) is 37.1. The minimum atomic E-state index is -0.871. The van der Waals surface area contributed by atoms with Crippen molar-refractivity contribution in [3.05, 3.63) is 131 Å². The molecule has 1 saturated carbocycles. The predicted octanol–water partition coefficient (Wildman–Crippen LogP) is 6.22. The fourth-order valence-corrected chi connectivity index (χ4v) is 7.18. The fraction of sp³-hybridized carbons (Fsp3) is 0.257. The van der Waals surface area contributed by atoms with E-state index < -0.39 is 39.9 Å². The topological polar surface area (TPSA) is 165 Å². The number of aromatic nitrogens is 14. The quantitative estimate of drug-likeness (QED) is 0.147. The molecule has 6 heterocycles. The highest BCUT2D eigenvalue weighted by Crippen LogP contribution is 2.69. The van der Waals surface area contributed by atoms with E-state index in [1.165, 1.54) is 40.2 Å². The molecule has 55 heavy (non-hydrogen) atoms. The SMILES string of the molecule is Cc1ncn(-c2ncc(F)c([C@@]34CC[C@@H](c5cc(-c6c(F)cccc6F)nnc53)C4(C)C)n2)n1.Cc1ncn(-c2ncc(F)cn2)n1.Fc1cnc(Cl)nc1. The van der Waals surface area contributed by atoms with E-state index in [-0.39, 0.29) is 34.1 Å². The Morgan fingerprint density at radius 1 is 0.691 bits per heavy atom. The molecule has 9 rings (SSSR count). The molecule has 6 aromatic heterocycles. The van der Waals surface area contributed by atoms with Crippen LogP contribution in [0.25, 0.3) is 23.2 Å². The maximum atomic E-state index is 15.4. The molecule has 280 valence electrons. The lowest BCUT2D eigenvalue weighted by Crippen LogP contribution is -2.39. The van der Waals surface area contributed by atoms with Crippen LogP contribution >= 0.6 is 11.6 Å². The number of aryl methyl sites for hydroxylation is 2. The molecule has 0 saturated heterocycles. The van der Waals surface area contributed by atoms with Gasteiger partial charge >= 0.3 is 0 Å². The molecule has 1 fully saturated rings. The maximum Gasteiger partial charge on any atom is 0.252 e. The van der Waals surface area contributed by atoms with E-state index in [0.717, 1.165) is 43.0 Å². The highest BCUT2D eigenvalue weighted by Gasteiger charge is 2.66. The first-order chi connectivity index (χ1) is 26.3. The minimum absolute atomic E-state index is 0.00184. The molecule has 20 heteroatoms. The van der Waals surface area contributed by atoms with E-state index in [0.29, 0.717) is 29.7 Å². The van der Waals surface area contributed by atoms with Crippen LogP contribution in [0.4, 0.5) is 22.0 Å². The second-order valence-electron chi connectivity index (χ2n) is 13.1. The van der Waals surface area contributed by atoms with Crippen molar-refractivity contribution in [3.63, 3.8) is 0 Å². The van der Waals surface area contributed by atoms with Crippen LogP contribution in [-0.4, -0.2) is 69.6 Å². The van der Waals surface area contributed by atoms with Gasteiger partial charge in [-0.1, -0.05) is 19.9 Å². The molecular formula is C35H28ClF5N14. The zero-order chi connectivity index (χ0) is 39.1. The van der Waals surface area contributed by atoms with Gasteiger partial charge in [0, 0.05) is 0 Å². The molecule has 0 radical (unpaired) electrons. The van der Waals surface area contributed by atoms with E-state index in [4.69, 9.17) is 11.6 Å². The average Bonchev–Trinajstić information content (AvgIpc) is 3.91. The zero-order valence-electron chi connectivity index (χ0n) is 29.4. The summed E-state index contributed by atoms with van der Waals surface area (Å²) in [5, 5.41) is 16.9. The van der Waals surface area contributed by atoms with Crippen molar-refractivity contribution < 1.29 is 22.0 Å². The summed E-state index contributed by atoms with van der Waals surface area (Å²) in [5.41, 5.74) is 0.188. The van der Waals surface area contributed by atoms with Crippen molar-refractivity contribution in [1.29, 1.82) is 0 Å². The first-order valence-corrected chi connectivity index (χ1v) is 16.9. The Morgan fingerprint density at radius 2 is 1.25 bits per heavy atom. The third kappa shape index (κ3) is 6.86. The van der Waals surface area contributed by atoms with Crippen LogP contribution in [0.15, 0.2) is 67.9 Å². The van der Waals surface area contributed by atoms with Gasteiger partial charge < -0.3 is 0 Å². The fourth-order valence-electron chi connectivity index (χ4n) is 7.09. The smallest absolute Gasteiger partial charge is 0.223 e. The highest BCUT2D eigenvalue weighted by molar-refractivity contribution is 6.28. The van der Waals surface area contributed by atoms with Crippen LogP contribution in [0.1, 0.15) is 61.2 Å². The molecule has 0 amide bonds. The Labute approximate surface area is 314 Å². The number of benzene rings is 1. The molecule has 2 bridgehead atoms. The van der Waals surface area contributed by atoms with Gasteiger partial charge in [-0.05, 0) is 73.4 Å². The predicted molar refractivity (Wildman–Crippen MR) is 184 cm³/mol. The van der Waals surface area contributed by atoms with Crippen LogP contribution in [0.3, 0.4) is 0 Å². The number of fused-ring (bicyclic) bond motifs is 5. The third-order valence-electron chi connectivity index (χ3n) is 9.55. The van der Waals surface area contributed by atoms with Crippen LogP contribution in [0.2, 0.25) is 5.28 Å². The van der Waals surface area contributed by atoms with Crippen molar-refractivity contribution in [2.45, 2.75) is 51.9 Å². The third-order valence-corrected chi connectivity index (χ3v) is 9.75. The number of nitrogens with zero attached hydrogens (tertiary/aromatic N) is 14. The molecule has 14 nitrogen and oxygen atoms in total. The first-order valence-electron chi connectivity index (χ1n) is 16.5. The van der Waals surface area contributed by atoms with Gasteiger partial charge in [0.25, 0.3) is 11.9 Å². The van der Waals surface area contributed by atoms with Crippen molar-refractivity contribution in [3.8, 4) is 23.2 Å². The Hall–Kier alpha value is -6.24. The lowest BCUT2D eigenvalue weighted by molar-refractivity contribution is 0.235. The molecule has 0 aliphatic heterocycles. The highest BCUT2D eigenvalue weighted by atomic mass is 35.5. The van der Waals surface area contributed by atoms with E-state index in [9.17, 15) is 17.6 Å². The average molecular weight is 775 g/mol. The normalized spacial score (nSPS) is 17.5. The number of halogens is 6. The Morgan fingerprint density at radius 3 is 1.82 bits per heavy atom. The molecule has 0 unspecified atom stereocenters. The van der Waals surface area contributed by atoms with Gasteiger partial charge in [-0.15, -0.1) is 15.3 Å². The second kappa shape index (κ2) is 14.5. The van der Waals surface area contributed by atoms with Crippen LogP contribution in [0, 0.1) is 48.3 Å². The maximum absolute atomic E-state index is 15.4. The lowest BCUT2D eigenvalue weighted by atomic mass is 9.66. The van der Waals surface area contributed by atoms with E-state index in [1.54, 1.807) is 19.9 Å². The monoisotopic (exact) mass is 774 g/mol. The molecule has 2 atom stereocenters. The molecule has 0 spiro atoms. The number of rotatable bonds is 4. The van der Waals surface area contributed by atoms with Gasteiger partial charge in [0.1, 0.15) is 35.9 Å². The molecule has 2 aliphatic rings. The van der Waals surface area contributed by atoms with Crippen LogP contribution in [0.5, 0.6) is 0 Å². The van der Waals surface area contributed by atoms with Gasteiger partial charge in [-0.3, -0.25) is 0 Å². The summed E-state index contributed by atoms with van der Waals surface area (Å²) in [4.78, 5) is 30.9. The summed E-state index contributed by atoms with van der Waals surface area (Å²) in [6.45, 7) is 7.59. The summed E-state index contributed by atoms with van der Waals surface area (Å²) in [6.07, 6.45) is 9.65. The second-order valence-corrected chi connectivity index (χ2v) is 13.4. The molecule has 7 aromatic rings. The zero-order valence-corrected chi connectivity index (χ0v) is 30.1. The summed E-state index contributed by atoms with van der Waals surface area (Å²) in [7, 11) is 0. The summed E-state index contributed by atoms with van der Waals surface area (Å²) >= 11 is 5.22. The van der Waals surface area contributed by atoms with E-state index >= 15 is 4.39 Å². The van der Waals surface area contributed by atoms with Gasteiger partial charge in [-0.2, -0.15) is 14.5 Å². The van der Waals surface area contributed by atoms with Crippen molar-refractivity contribution in [1.82, 2.24) is 69.6 Å². The van der Waals surface area contributed by atoms with Gasteiger partial charge in [0.2, 0.25) is 5.28 Å². The number of hydrogen-bond donors (Lipinski definition) is 0. The van der Waals surface area contributed by atoms with Gasteiger partial charge in [0.15, 0.2) is 17.5 Å². The molecule has 1 aromatic carbocycles. The largest absolute Gasteiger partial charge is 0.252 e. The van der Waals surface area contributed by atoms with E-state index in [1.807, 2.05) is 0 Å². The van der Waals surface area contributed by atoms with E-state index in [2.05, 4.69) is 74.1 Å². The molecule has 2 aliphatic carbocycles. The Balaban J connectivity index is 0.000000180. The molecule has 0 N–H and O–H groups in total. The standard InChI is InChI=1S/C24H20F3N7.C7H6FN5.C4H2ClFN2/c1-12-29-11-34(33-12)22-28-10-17(27)21(30-22)24-8-7-14(23(24,2)3)13-9-18(31-32-20(13)24)19-15(25)5-4-6-16(19)26;1-5-11-4-13(12-5)7-9-2-6(8)3-10-7;5-4-7-1-3(6)2-8-4/h4-6,9-11,14H,7-8H2,1-3H3;2-4H,1H3;1-2H/t14-,24+;;/m0../s1. The Bertz CT molecular complexity index is 2450. The van der Waals surface area contributed by atoms with Crippen LogP contribution < -0.4 is 0 Å². The summed E-state index contributed by atoms with van der Waals surface area (Å²) < 4.78 is 71.4. The van der Waals surface area contributed by atoms with Crippen molar-refractivity contribution in [2.24, 2.45) is 5.41 Å². The summed E-state index contributed by atoms with van der Waals surface area (Å²) in [6, 6.07) is 5.38. The lowest BCUT2D eigenvalue weighted by Gasteiger charge is -2.37. The van der Waals surface area contributed by atoms with Gasteiger partial charge in [-0.25, -0.2) is 61.8 Å². The molecular weight excluding hydrogens is 747 g/mol. The van der Waals surface area contributed by atoms with Gasteiger partial charge in [0.05, 0.1) is 59.0 Å². The summed E-state index contributed by atoms with van der Waals surface area (Å²) in [5.74, 6) is -1.24. The minimum Gasteiger partial charge on any atom is -0.223 e. The van der Waals surface area contributed by atoms with Crippen LogP contribution in [-0.2, 0) is 5.41 Å². The Kier molecular flexibility index (Phi) is 9.80. The van der Waals surface area contributed by atoms with Crippen molar-refractivity contribution >= 4 is 11.6 Å².